The lowest BCUT2D eigenvalue weighted by Crippen LogP contribution is -2.48. The average molecular weight is 473 g/mol. The number of anilines is 2. The first-order valence-corrected chi connectivity index (χ1v) is 10.7. The fourth-order valence-corrected chi connectivity index (χ4v) is 3.79. The minimum absolute atomic E-state index is 0.108. The Bertz CT molecular complexity index is 1410. The van der Waals surface area contributed by atoms with Crippen molar-refractivity contribution in [1.29, 1.82) is 0 Å². The lowest BCUT2D eigenvalue weighted by molar-refractivity contribution is -0.120. The largest absolute Gasteiger partial charge is 0.347 e. The number of para-hydroxylation sites is 1. The van der Waals surface area contributed by atoms with Crippen molar-refractivity contribution in [2.75, 3.05) is 10.2 Å². The molecule has 0 bridgehead atoms. The fraction of sp³-hybridized carbons (Fsp3) is 0.125. The molecule has 0 aliphatic carbocycles. The molecule has 0 fully saturated rings. The Morgan fingerprint density at radius 1 is 1.17 bits per heavy atom. The van der Waals surface area contributed by atoms with Gasteiger partial charge in [-0.05, 0) is 25.1 Å². The number of H-pyrrole nitrogens is 1. The molecule has 4 aromatic rings. The van der Waals surface area contributed by atoms with Gasteiger partial charge in [-0.25, -0.2) is 19.2 Å². The molecule has 0 saturated heterocycles. The van der Waals surface area contributed by atoms with Crippen LogP contribution in [0.4, 0.5) is 20.8 Å². The molecule has 2 aromatic heterocycles. The average Bonchev–Trinajstić information content (AvgIpc) is 3.50. The smallest absolute Gasteiger partial charge is 0.323 e. The molecular formula is C24H20FN7O3. The number of carbonyl (C=O) groups is 2. The van der Waals surface area contributed by atoms with E-state index in [1.165, 1.54) is 23.4 Å². The topological polar surface area (TPSA) is 129 Å². The molecule has 1 aliphatic heterocycles. The van der Waals surface area contributed by atoms with E-state index in [0.29, 0.717) is 22.6 Å². The van der Waals surface area contributed by atoms with Crippen molar-refractivity contribution >= 4 is 29.2 Å². The zero-order valence-electron chi connectivity index (χ0n) is 18.5. The Labute approximate surface area is 198 Å². The van der Waals surface area contributed by atoms with Gasteiger partial charge in [-0.2, -0.15) is 0 Å². The summed E-state index contributed by atoms with van der Waals surface area (Å²) in [5.74, 6) is -0.907. The molecule has 3 N–H and O–H groups in total. The van der Waals surface area contributed by atoms with Gasteiger partial charge >= 0.3 is 6.03 Å². The highest BCUT2D eigenvalue weighted by molar-refractivity contribution is 6.20. The summed E-state index contributed by atoms with van der Waals surface area (Å²) in [4.78, 5) is 39.4. The first-order valence-electron chi connectivity index (χ1n) is 10.7. The van der Waals surface area contributed by atoms with E-state index < -0.39 is 23.9 Å². The number of imidazole rings is 1. The Morgan fingerprint density at radius 3 is 2.66 bits per heavy atom. The molecule has 10 nitrogen and oxygen atoms in total. The van der Waals surface area contributed by atoms with E-state index in [1.807, 2.05) is 0 Å². The third-order valence-corrected chi connectivity index (χ3v) is 5.35. The quantitative estimate of drug-likeness (QED) is 0.409. The van der Waals surface area contributed by atoms with Gasteiger partial charge in [-0.15, -0.1) is 0 Å². The van der Waals surface area contributed by atoms with Crippen molar-refractivity contribution < 1.29 is 18.5 Å². The van der Waals surface area contributed by atoms with Crippen molar-refractivity contribution in [3.63, 3.8) is 0 Å². The zero-order valence-corrected chi connectivity index (χ0v) is 18.5. The summed E-state index contributed by atoms with van der Waals surface area (Å²) in [7, 11) is 0. The van der Waals surface area contributed by atoms with Crippen LogP contribution < -0.4 is 15.5 Å². The number of benzene rings is 2. The number of amides is 3. The molecule has 5 rings (SSSR count). The van der Waals surface area contributed by atoms with Gasteiger partial charge in [0.1, 0.15) is 5.82 Å². The van der Waals surface area contributed by atoms with Crippen molar-refractivity contribution in [2.45, 2.75) is 19.6 Å². The highest BCUT2D eigenvalue weighted by Crippen LogP contribution is 2.30. The molecule has 0 spiro atoms. The van der Waals surface area contributed by atoms with Crippen LogP contribution in [0.3, 0.4) is 0 Å². The molecule has 3 amide bonds. The third kappa shape index (κ3) is 4.51. The molecule has 3 heterocycles. The number of benzodiazepines with no additional fused rings is 1. The maximum absolute atomic E-state index is 14.9. The van der Waals surface area contributed by atoms with Crippen LogP contribution in [0.2, 0.25) is 0 Å². The minimum atomic E-state index is -1.36. The van der Waals surface area contributed by atoms with E-state index in [4.69, 9.17) is 4.52 Å². The maximum atomic E-state index is 14.9. The summed E-state index contributed by atoms with van der Waals surface area (Å²) in [5.41, 5.74) is 2.74. The molecule has 35 heavy (non-hydrogen) atoms. The van der Waals surface area contributed by atoms with Gasteiger partial charge in [0, 0.05) is 23.4 Å². The van der Waals surface area contributed by atoms with Gasteiger partial charge in [-0.3, -0.25) is 10.1 Å². The number of urea groups is 1. The van der Waals surface area contributed by atoms with Gasteiger partial charge in [0.15, 0.2) is 0 Å². The Hall–Kier alpha value is -4.80. The Morgan fingerprint density at radius 2 is 1.94 bits per heavy atom. The van der Waals surface area contributed by atoms with Gasteiger partial charge in [0.25, 0.3) is 5.91 Å². The lowest BCUT2D eigenvalue weighted by Gasteiger charge is -2.25. The van der Waals surface area contributed by atoms with E-state index in [1.54, 1.807) is 55.6 Å². The molecule has 176 valence electrons. The molecule has 0 radical (unpaired) electrons. The summed E-state index contributed by atoms with van der Waals surface area (Å²) in [5, 5.41) is 8.77. The molecule has 1 aliphatic rings. The normalized spacial score (nSPS) is 15.3. The van der Waals surface area contributed by atoms with Crippen LogP contribution in [0.5, 0.6) is 0 Å². The number of fused-ring (bicyclic) bond motifs is 1. The van der Waals surface area contributed by atoms with Crippen LogP contribution in [0, 0.1) is 12.7 Å². The van der Waals surface area contributed by atoms with E-state index in [-0.39, 0.29) is 23.7 Å². The standard InChI is InChI=1S/C24H20FN7O3/c1-14-10-20(35-31-14)28-24(34)30-22-23(33)32(12-15-11-26-13-27-15)19-9-5-3-7-17(19)21(29-22)16-6-2-4-8-18(16)25/h2-11,13,22H,12H2,1H3,(H,26,27)(H2,28,30,34). The second-order valence-electron chi connectivity index (χ2n) is 7.81. The van der Waals surface area contributed by atoms with Gasteiger partial charge in [0.05, 0.1) is 35.7 Å². The second-order valence-corrected chi connectivity index (χ2v) is 7.81. The van der Waals surface area contributed by atoms with E-state index in [2.05, 4.69) is 30.8 Å². The third-order valence-electron chi connectivity index (χ3n) is 5.35. The number of aromatic amines is 1. The Balaban J connectivity index is 1.58. The molecule has 0 saturated carbocycles. The fourth-order valence-electron chi connectivity index (χ4n) is 3.79. The first-order chi connectivity index (χ1) is 17.0. The Kier molecular flexibility index (Phi) is 5.80. The van der Waals surface area contributed by atoms with Crippen molar-refractivity contribution in [3.8, 4) is 0 Å². The van der Waals surface area contributed by atoms with Crippen molar-refractivity contribution in [2.24, 2.45) is 4.99 Å². The summed E-state index contributed by atoms with van der Waals surface area (Å²) in [6, 6.07) is 14.0. The maximum Gasteiger partial charge on any atom is 0.323 e. The molecule has 2 aromatic carbocycles. The number of nitrogens with zero attached hydrogens (tertiary/aromatic N) is 4. The van der Waals surface area contributed by atoms with Gasteiger partial charge in [-0.1, -0.05) is 35.5 Å². The SMILES string of the molecule is Cc1cc(NC(=O)NC2N=C(c3ccccc3F)c3ccccc3N(Cc3cnc[nH]3)C2=O)on1. The number of hydrogen-bond acceptors (Lipinski definition) is 6. The molecule has 1 atom stereocenters. The molecular weight excluding hydrogens is 453 g/mol. The highest BCUT2D eigenvalue weighted by Gasteiger charge is 2.34. The monoisotopic (exact) mass is 473 g/mol. The number of hydrogen-bond donors (Lipinski definition) is 3. The van der Waals surface area contributed by atoms with E-state index in [9.17, 15) is 14.0 Å². The lowest BCUT2D eigenvalue weighted by atomic mass is 9.99. The zero-order chi connectivity index (χ0) is 24.4. The number of aryl methyl sites for hydroxylation is 1. The predicted octanol–water partition coefficient (Wildman–Crippen LogP) is 3.38. The molecule has 11 heteroatoms. The number of aliphatic imine (C=N–C) groups is 1. The van der Waals surface area contributed by atoms with Crippen LogP contribution >= 0.6 is 0 Å². The van der Waals surface area contributed by atoms with Crippen LogP contribution in [0.1, 0.15) is 22.5 Å². The minimum Gasteiger partial charge on any atom is -0.347 e. The molecule has 1 unspecified atom stereocenters. The highest BCUT2D eigenvalue weighted by atomic mass is 19.1. The van der Waals surface area contributed by atoms with Gasteiger partial charge < -0.3 is 19.7 Å². The predicted molar refractivity (Wildman–Crippen MR) is 125 cm³/mol. The first kappa shape index (κ1) is 22.0. The van der Waals surface area contributed by atoms with Crippen LogP contribution in [0.15, 0.2) is 76.6 Å². The van der Waals surface area contributed by atoms with Crippen molar-refractivity contribution in [1.82, 2.24) is 20.4 Å². The van der Waals surface area contributed by atoms with Crippen LogP contribution in [-0.2, 0) is 11.3 Å². The number of rotatable bonds is 5. The summed E-state index contributed by atoms with van der Waals surface area (Å²) in [6.45, 7) is 1.84. The summed E-state index contributed by atoms with van der Waals surface area (Å²) in [6.07, 6.45) is 1.75. The van der Waals surface area contributed by atoms with Crippen LogP contribution in [-0.4, -0.2) is 38.9 Å². The second kappa shape index (κ2) is 9.21. The number of nitrogens with one attached hydrogen (secondary N) is 3. The summed E-state index contributed by atoms with van der Waals surface area (Å²) >= 11 is 0. The summed E-state index contributed by atoms with van der Waals surface area (Å²) < 4.78 is 19.9. The number of carbonyl (C=O) groups excluding carboxylic acids is 2. The van der Waals surface area contributed by atoms with Crippen molar-refractivity contribution in [3.05, 3.63) is 95.5 Å². The van der Waals surface area contributed by atoms with E-state index >= 15 is 0 Å². The number of halogens is 1. The number of aromatic nitrogens is 3. The van der Waals surface area contributed by atoms with E-state index in [0.717, 1.165) is 0 Å². The van der Waals surface area contributed by atoms with Crippen LogP contribution in [0.25, 0.3) is 0 Å². The van der Waals surface area contributed by atoms with Gasteiger partial charge in [0.2, 0.25) is 12.0 Å².